The van der Waals surface area contributed by atoms with Crippen molar-refractivity contribution in [3.63, 3.8) is 0 Å². The van der Waals surface area contributed by atoms with E-state index in [1.807, 2.05) is 6.92 Å². The summed E-state index contributed by atoms with van der Waals surface area (Å²) in [6.07, 6.45) is 1.13. The molecule has 0 saturated heterocycles. The molecular formula is C11H17N3O3S. The molecule has 1 amide bonds. The summed E-state index contributed by atoms with van der Waals surface area (Å²) in [6, 6.07) is -0.366. The van der Waals surface area contributed by atoms with Gasteiger partial charge in [-0.25, -0.2) is 4.98 Å². The Balaban J connectivity index is 2.59. The number of carbonyl (C=O) groups excluding carboxylic acids is 1. The van der Waals surface area contributed by atoms with Crippen LogP contribution < -0.4 is 11.1 Å². The Morgan fingerprint density at radius 2 is 2.33 bits per heavy atom. The molecule has 0 radical (unpaired) electrons. The third-order valence-corrected chi connectivity index (χ3v) is 3.30. The zero-order valence-electron chi connectivity index (χ0n) is 10.2. The number of aromatic nitrogens is 1. The average Bonchev–Trinajstić information content (AvgIpc) is 2.76. The van der Waals surface area contributed by atoms with E-state index >= 15 is 0 Å². The first-order valence-corrected chi connectivity index (χ1v) is 6.61. The zero-order chi connectivity index (χ0) is 13.5. The summed E-state index contributed by atoms with van der Waals surface area (Å²) < 4.78 is 0. The number of amides is 1. The molecule has 1 unspecified atom stereocenters. The van der Waals surface area contributed by atoms with Crippen molar-refractivity contribution in [1.82, 2.24) is 10.3 Å². The molecule has 6 nitrogen and oxygen atoms in total. The van der Waals surface area contributed by atoms with Crippen LogP contribution in [0, 0.1) is 0 Å². The molecule has 0 saturated carbocycles. The van der Waals surface area contributed by atoms with Gasteiger partial charge < -0.3 is 16.2 Å². The van der Waals surface area contributed by atoms with Crippen molar-refractivity contribution in [2.75, 3.05) is 6.54 Å². The van der Waals surface area contributed by atoms with Crippen molar-refractivity contribution < 1.29 is 14.7 Å². The highest BCUT2D eigenvalue weighted by molar-refractivity contribution is 7.09. The molecule has 4 N–H and O–H groups in total. The maximum Gasteiger partial charge on any atom is 0.305 e. The molecule has 7 heteroatoms. The van der Waals surface area contributed by atoms with E-state index in [2.05, 4.69) is 10.3 Å². The van der Waals surface area contributed by atoms with Crippen LogP contribution >= 0.6 is 11.3 Å². The number of rotatable bonds is 7. The van der Waals surface area contributed by atoms with E-state index in [4.69, 9.17) is 10.8 Å². The number of carboxylic acid groups (broad SMARTS) is 1. The highest BCUT2D eigenvalue weighted by atomic mass is 32.1. The van der Waals surface area contributed by atoms with Crippen LogP contribution in [0.5, 0.6) is 0 Å². The molecule has 1 rings (SSSR count). The van der Waals surface area contributed by atoms with Crippen LogP contribution in [0.25, 0.3) is 0 Å². The molecule has 1 aromatic rings. The van der Waals surface area contributed by atoms with Crippen LogP contribution in [0.15, 0.2) is 5.38 Å². The molecule has 0 aliphatic carbocycles. The number of thiazole rings is 1. The van der Waals surface area contributed by atoms with Gasteiger partial charge in [0.15, 0.2) is 0 Å². The average molecular weight is 271 g/mol. The van der Waals surface area contributed by atoms with Crippen molar-refractivity contribution in [1.29, 1.82) is 0 Å². The monoisotopic (exact) mass is 271 g/mol. The lowest BCUT2D eigenvalue weighted by Gasteiger charge is -2.13. The summed E-state index contributed by atoms with van der Waals surface area (Å²) >= 11 is 1.38. The quantitative estimate of drug-likeness (QED) is 0.674. The van der Waals surface area contributed by atoms with E-state index < -0.39 is 5.97 Å². The number of nitrogens with zero attached hydrogens (tertiary/aromatic N) is 1. The Morgan fingerprint density at radius 3 is 2.89 bits per heavy atom. The van der Waals surface area contributed by atoms with Gasteiger partial charge in [-0.2, -0.15) is 0 Å². The lowest BCUT2D eigenvalue weighted by molar-refractivity contribution is -0.137. The number of carboxylic acids is 1. The van der Waals surface area contributed by atoms with Gasteiger partial charge in [-0.05, 0) is 13.0 Å². The van der Waals surface area contributed by atoms with Gasteiger partial charge in [-0.15, -0.1) is 11.3 Å². The third-order valence-electron chi connectivity index (χ3n) is 2.39. The summed E-state index contributed by atoms with van der Waals surface area (Å²) in [6.45, 7) is 2.32. The first-order chi connectivity index (χ1) is 8.56. The van der Waals surface area contributed by atoms with Crippen molar-refractivity contribution in [2.45, 2.75) is 32.2 Å². The number of carbonyl (C=O) groups is 2. The molecule has 100 valence electrons. The van der Waals surface area contributed by atoms with Gasteiger partial charge in [0.2, 0.25) is 0 Å². The van der Waals surface area contributed by atoms with E-state index in [1.165, 1.54) is 11.3 Å². The molecule has 0 spiro atoms. The Bertz CT molecular complexity index is 419. The second-order valence-corrected chi connectivity index (χ2v) is 4.78. The van der Waals surface area contributed by atoms with Crippen molar-refractivity contribution >= 4 is 23.2 Å². The van der Waals surface area contributed by atoms with Crippen molar-refractivity contribution in [3.8, 4) is 0 Å². The summed E-state index contributed by atoms with van der Waals surface area (Å²) in [5.41, 5.74) is 5.73. The van der Waals surface area contributed by atoms with Gasteiger partial charge in [0.1, 0.15) is 5.69 Å². The third kappa shape index (κ3) is 4.42. The molecule has 0 fully saturated rings. The van der Waals surface area contributed by atoms with Gasteiger partial charge in [0.05, 0.1) is 11.4 Å². The molecule has 0 aliphatic rings. The number of hydrogen-bond acceptors (Lipinski definition) is 5. The molecule has 0 aliphatic heterocycles. The highest BCUT2D eigenvalue weighted by Gasteiger charge is 2.17. The van der Waals surface area contributed by atoms with Crippen LogP contribution in [-0.4, -0.2) is 34.6 Å². The SMILES string of the molecule is CCC(CC(=O)O)NC(=O)c1csc(CCN)n1. The van der Waals surface area contributed by atoms with Gasteiger partial charge in [0, 0.05) is 17.8 Å². The number of nitrogens with one attached hydrogen (secondary N) is 1. The summed E-state index contributed by atoms with van der Waals surface area (Å²) in [7, 11) is 0. The molecule has 1 atom stereocenters. The molecule has 18 heavy (non-hydrogen) atoms. The predicted octanol–water partition coefficient (Wildman–Crippen LogP) is 0.627. The number of aliphatic carboxylic acids is 1. The van der Waals surface area contributed by atoms with Gasteiger partial charge in [-0.1, -0.05) is 6.92 Å². The van der Waals surface area contributed by atoms with Crippen molar-refractivity contribution in [2.24, 2.45) is 5.73 Å². The van der Waals surface area contributed by atoms with Gasteiger partial charge >= 0.3 is 5.97 Å². The van der Waals surface area contributed by atoms with E-state index in [0.29, 0.717) is 25.1 Å². The second-order valence-electron chi connectivity index (χ2n) is 3.84. The van der Waals surface area contributed by atoms with E-state index in [9.17, 15) is 9.59 Å². The molecule has 0 aromatic carbocycles. The van der Waals surface area contributed by atoms with Crippen LogP contribution in [0.4, 0.5) is 0 Å². The van der Waals surface area contributed by atoms with Gasteiger partial charge in [0.25, 0.3) is 5.91 Å². The van der Waals surface area contributed by atoms with Crippen LogP contribution in [0.3, 0.4) is 0 Å². The number of hydrogen-bond donors (Lipinski definition) is 3. The first kappa shape index (κ1) is 14.6. The summed E-state index contributed by atoms with van der Waals surface area (Å²) in [5, 5.41) is 13.8. The largest absolute Gasteiger partial charge is 0.481 e. The predicted molar refractivity (Wildman–Crippen MR) is 68.7 cm³/mol. The Hall–Kier alpha value is -1.47. The Kier molecular flexibility index (Phi) is 5.73. The summed E-state index contributed by atoms with van der Waals surface area (Å²) in [5.74, 6) is -1.26. The molecule has 1 aromatic heterocycles. The van der Waals surface area contributed by atoms with E-state index in [0.717, 1.165) is 5.01 Å². The van der Waals surface area contributed by atoms with Crippen LogP contribution in [-0.2, 0) is 11.2 Å². The molecule has 0 bridgehead atoms. The lowest BCUT2D eigenvalue weighted by atomic mass is 10.1. The normalized spacial score (nSPS) is 12.1. The van der Waals surface area contributed by atoms with E-state index in [1.54, 1.807) is 5.38 Å². The fraction of sp³-hybridized carbons (Fsp3) is 0.545. The Labute approximate surface area is 109 Å². The smallest absolute Gasteiger partial charge is 0.305 e. The Morgan fingerprint density at radius 1 is 1.61 bits per heavy atom. The minimum absolute atomic E-state index is 0.0813. The first-order valence-electron chi connectivity index (χ1n) is 5.74. The number of nitrogens with two attached hydrogens (primary N) is 1. The zero-order valence-corrected chi connectivity index (χ0v) is 11.0. The maximum atomic E-state index is 11.8. The standard InChI is InChI=1S/C11H17N3O3S/c1-2-7(5-10(15)16)13-11(17)8-6-18-9(14-8)3-4-12/h6-7H,2-5,12H2,1H3,(H,13,17)(H,15,16). The van der Waals surface area contributed by atoms with Crippen LogP contribution in [0.2, 0.25) is 0 Å². The molecule has 1 heterocycles. The minimum Gasteiger partial charge on any atom is -0.481 e. The lowest BCUT2D eigenvalue weighted by Crippen LogP contribution is -2.36. The van der Waals surface area contributed by atoms with Crippen LogP contribution in [0.1, 0.15) is 35.3 Å². The van der Waals surface area contributed by atoms with Gasteiger partial charge in [-0.3, -0.25) is 9.59 Å². The maximum absolute atomic E-state index is 11.8. The molecular weight excluding hydrogens is 254 g/mol. The fourth-order valence-electron chi connectivity index (χ4n) is 1.42. The second kappa shape index (κ2) is 7.07. The topological polar surface area (TPSA) is 105 Å². The summed E-state index contributed by atoms with van der Waals surface area (Å²) in [4.78, 5) is 26.6. The highest BCUT2D eigenvalue weighted by Crippen LogP contribution is 2.10. The van der Waals surface area contributed by atoms with E-state index in [-0.39, 0.29) is 18.4 Å². The minimum atomic E-state index is -0.927. The van der Waals surface area contributed by atoms with Crippen molar-refractivity contribution in [3.05, 3.63) is 16.1 Å². The fourth-order valence-corrected chi connectivity index (χ4v) is 2.22.